The van der Waals surface area contributed by atoms with Crippen LogP contribution in [0.2, 0.25) is 0 Å². The van der Waals surface area contributed by atoms with E-state index in [1.807, 2.05) is 21.1 Å². The zero-order chi connectivity index (χ0) is 71.1. The Kier molecular flexibility index (Phi) is 72.5. The SMILES string of the molecule is CC/C=C\C/C=C\C/C=C\C/C=C\C/C=C\C/C=C\C/C=C\C/C=C\CCCCCCCCCCCCCCC(=O)OC(COC(=O)CCCCCCCCCCCCCCCCC/C=C\C/C=C\C/C=C\C/C=C\C/C=C\C/C=C\C/C=C\CC)COP(=O)([O-])OCC[N+](C)(C)C. The molecule has 0 heterocycles. The standard InChI is InChI=1S/C88H146NO8P/c1-6-8-10-12-14-16-18-20-22-24-26-28-30-32-34-36-38-40-42-44-46-48-50-52-54-56-58-60-62-64-66-68-70-72-74-76-78-80-87(90)94-84-86(85-96-98(92,93)95-83-82-89(3,4)5)97-88(91)81-79-77-75-73-71-69-67-65-63-61-59-57-55-53-51-49-47-45-43-41-39-37-35-33-31-29-27-25-23-21-19-17-15-13-11-9-7-2/h8-11,14-17,20-23,26-29,32-35,38-41,44-47,51,53,86H,6-7,12-13,18-19,24-25,30-31,36-37,42-43,48-50,52,54-85H2,1-5H3/b10-8-,11-9-,16-14-,17-15-,22-20-,23-21-,28-26-,29-27-,34-32-,35-33-,40-38-,41-39-,46-44-,47-45-,53-51-. The predicted molar refractivity (Wildman–Crippen MR) is 424 cm³/mol. The average molecular weight is 1380 g/mol. The number of phosphoric acid groups is 1. The van der Waals surface area contributed by atoms with Crippen LogP contribution in [0, 0.1) is 0 Å². The monoisotopic (exact) mass is 1380 g/mol. The van der Waals surface area contributed by atoms with Crippen LogP contribution >= 0.6 is 7.82 Å². The van der Waals surface area contributed by atoms with Gasteiger partial charge in [-0.1, -0.05) is 344 Å². The molecule has 0 bridgehead atoms. The van der Waals surface area contributed by atoms with Gasteiger partial charge >= 0.3 is 11.9 Å². The van der Waals surface area contributed by atoms with Crippen LogP contribution in [0.3, 0.4) is 0 Å². The summed E-state index contributed by atoms with van der Waals surface area (Å²) in [6.07, 6.45) is 117. The van der Waals surface area contributed by atoms with Crippen LogP contribution in [-0.4, -0.2) is 70.0 Å². The average Bonchev–Trinajstić information content (AvgIpc) is 1.08. The number of hydrogen-bond donors (Lipinski definition) is 0. The van der Waals surface area contributed by atoms with Crippen molar-refractivity contribution in [2.24, 2.45) is 0 Å². The summed E-state index contributed by atoms with van der Waals surface area (Å²) in [5.74, 6) is -0.837. The molecule has 2 unspecified atom stereocenters. The van der Waals surface area contributed by atoms with E-state index >= 15 is 0 Å². The molecule has 98 heavy (non-hydrogen) atoms. The number of phosphoric ester groups is 1. The summed E-state index contributed by atoms with van der Waals surface area (Å²) in [6.45, 7) is 4.02. The maximum absolute atomic E-state index is 12.9. The maximum Gasteiger partial charge on any atom is 0.306 e. The highest BCUT2D eigenvalue weighted by atomic mass is 31.2. The molecule has 0 aliphatic rings. The van der Waals surface area contributed by atoms with Gasteiger partial charge in [0.15, 0.2) is 6.10 Å². The molecule has 0 radical (unpaired) electrons. The maximum atomic E-state index is 12.9. The number of esters is 2. The highest BCUT2D eigenvalue weighted by Gasteiger charge is 2.22. The van der Waals surface area contributed by atoms with Crippen molar-refractivity contribution in [3.05, 3.63) is 182 Å². The molecule has 10 heteroatoms. The molecule has 2 atom stereocenters. The zero-order valence-corrected chi connectivity index (χ0v) is 64.3. The van der Waals surface area contributed by atoms with Crippen molar-refractivity contribution in [3.8, 4) is 0 Å². The molecule has 0 spiro atoms. The predicted octanol–water partition coefficient (Wildman–Crippen LogP) is 26.0. The summed E-state index contributed by atoms with van der Waals surface area (Å²) in [4.78, 5) is 38.2. The number of allylic oxidation sites excluding steroid dienone is 30. The first-order chi connectivity index (χ1) is 48.0. The van der Waals surface area contributed by atoms with Gasteiger partial charge < -0.3 is 27.9 Å². The van der Waals surface area contributed by atoms with Gasteiger partial charge in [-0.3, -0.25) is 14.2 Å². The van der Waals surface area contributed by atoms with Crippen LogP contribution in [0.4, 0.5) is 0 Å². The molecule has 0 aliphatic carbocycles. The number of carbonyl (C=O) groups is 2. The Morgan fingerprint density at radius 3 is 0.816 bits per heavy atom. The molecule has 0 aromatic heterocycles. The van der Waals surface area contributed by atoms with E-state index in [1.54, 1.807) is 0 Å². The van der Waals surface area contributed by atoms with Crippen molar-refractivity contribution >= 4 is 19.8 Å². The summed E-state index contributed by atoms with van der Waals surface area (Å²) < 4.78 is 34.4. The highest BCUT2D eigenvalue weighted by molar-refractivity contribution is 7.45. The number of quaternary nitrogens is 1. The fourth-order valence-electron chi connectivity index (χ4n) is 10.5. The molecule has 9 nitrogen and oxygen atoms in total. The van der Waals surface area contributed by atoms with Crippen LogP contribution in [-0.2, 0) is 32.7 Å². The third kappa shape index (κ3) is 80.1. The Bertz CT molecular complexity index is 2320. The van der Waals surface area contributed by atoms with E-state index in [0.29, 0.717) is 17.4 Å². The Morgan fingerprint density at radius 2 is 0.551 bits per heavy atom. The second-order valence-electron chi connectivity index (χ2n) is 27.0. The largest absolute Gasteiger partial charge is 0.756 e. The van der Waals surface area contributed by atoms with Gasteiger partial charge in [0.25, 0.3) is 7.82 Å². The van der Waals surface area contributed by atoms with Crippen molar-refractivity contribution < 1.29 is 42.1 Å². The van der Waals surface area contributed by atoms with Crippen molar-refractivity contribution in [3.63, 3.8) is 0 Å². The number of hydrogen-bond acceptors (Lipinski definition) is 8. The summed E-state index contributed by atoms with van der Waals surface area (Å²) in [6, 6.07) is 0. The number of likely N-dealkylation sites (N-methyl/N-ethyl adjacent to an activating group) is 1. The molecule has 0 N–H and O–H groups in total. The number of unbranched alkanes of at least 4 members (excludes halogenated alkanes) is 27. The van der Waals surface area contributed by atoms with Crippen LogP contribution in [0.1, 0.15) is 309 Å². The lowest BCUT2D eigenvalue weighted by atomic mass is 10.0. The number of ether oxygens (including phenoxy) is 2. The third-order valence-corrected chi connectivity index (χ3v) is 17.4. The van der Waals surface area contributed by atoms with E-state index in [2.05, 4.69) is 196 Å². The molecule has 0 aromatic rings. The van der Waals surface area contributed by atoms with Crippen molar-refractivity contribution in [2.75, 3.05) is 47.5 Å². The van der Waals surface area contributed by atoms with Crippen molar-refractivity contribution in [1.29, 1.82) is 0 Å². The molecule has 0 amide bonds. The van der Waals surface area contributed by atoms with E-state index in [9.17, 15) is 19.0 Å². The lowest BCUT2D eigenvalue weighted by Gasteiger charge is -2.28. The normalized spacial score (nSPS) is 14.1. The fourth-order valence-corrected chi connectivity index (χ4v) is 11.2. The summed E-state index contributed by atoms with van der Waals surface area (Å²) in [5, 5.41) is 0. The molecule has 0 saturated carbocycles. The minimum atomic E-state index is -4.66. The van der Waals surface area contributed by atoms with Gasteiger partial charge in [-0.05, 0) is 135 Å². The van der Waals surface area contributed by atoms with Gasteiger partial charge in [-0.15, -0.1) is 0 Å². The number of nitrogens with zero attached hydrogens (tertiary/aromatic N) is 1. The molecule has 0 saturated heterocycles. The molecule has 556 valence electrons. The highest BCUT2D eigenvalue weighted by Crippen LogP contribution is 2.38. The summed E-state index contributed by atoms with van der Waals surface area (Å²) in [7, 11) is 1.15. The van der Waals surface area contributed by atoms with Crippen molar-refractivity contribution in [2.45, 2.75) is 315 Å². The topological polar surface area (TPSA) is 111 Å². The smallest absolute Gasteiger partial charge is 0.306 e. The van der Waals surface area contributed by atoms with Gasteiger partial charge in [0.1, 0.15) is 19.8 Å². The van der Waals surface area contributed by atoms with Gasteiger partial charge in [-0.2, -0.15) is 0 Å². The molecular formula is C88H146NO8P. The zero-order valence-electron chi connectivity index (χ0n) is 63.4. The van der Waals surface area contributed by atoms with Gasteiger partial charge in [0, 0.05) is 12.8 Å². The Hall–Kier alpha value is -4.89. The van der Waals surface area contributed by atoms with E-state index in [1.165, 1.54) is 135 Å². The second kappa shape index (κ2) is 76.3. The minimum Gasteiger partial charge on any atom is -0.756 e. The Balaban J connectivity index is 4.04. The van der Waals surface area contributed by atoms with Crippen LogP contribution in [0.25, 0.3) is 0 Å². The Labute approximate surface area is 603 Å². The van der Waals surface area contributed by atoms with E-state index in [0.717, 1.165) is 141 Å². The van der Waals surface area contributed by atoms with E-state index < -0.39 is 26.5 Å². The molecule has 0 rings (SSSR count). The first-order valence-corrected chi connectivity index (χ1v) is 41.0. The first-order valence-electron chi connectivity index (χ1n) is 39.5. The van der Waals surface area contributed by atoms with E-state index in [-0.39, 0.29) is 32.0 Å². The summed E-state index contributed by atoms with van der Waals surface area (Å²) >= 11 is 0. The van der Waals surface area contributed by atoms with Crippen LogP contribution < -0.4 is 4.89 Å². The van der Waals surface area contributed by atoms with Gasteiger partial charge in [0.05, 0.1) is 27.7 Å². The third-order valence-electron chi connectivity index (χ3n) is 16.4. The van der Waals surface area contributed by atoms with E-state index in [4.69, 9.17) is 18.5 Å². The lowest BCUT2D eigenvalue weighted by molar-refractivity contribution is -0.870. The van der Waals surface area contributed by atoms with Crippen LogP contribution in [0.15, 0.2) is 182 Å². The minimum absolute atomic E-state index is 0.0381. The Morgan fingerprint density at radius 1 is 0.316 bits per heavy atom. The number of carbonyl (C=O) groups excluding carboxylic acids is 2. The lowest BCUT2D eigenvalue weighted by Crippen LogP contribution is -2.37. The molecular weight excluding hydrogens is 1230 g/mol. The summed E-state index contributed by atoms with van der Waals surface area (Å²) in [5.41, 5.74) is 0. The molecule has 0 fully saturated rings. The molecule has 0 aliphatic heterocycles. The van der Waals surface area contributed by atoms with Crippen molar-refractivity contribution in [1.82, 2.24) is 0 Å². The number of rotatable bonds is 71. The first kappa shape index (κ1) is 93.1. The molecule has 0 aromatic carbocycles. The van der Waals surface area contributed by atoms with Gasteiger partial charge in [0.2, 0.25) is 0 Å². The van der Waals surface area contributed by atoms with Gasteiger partial charge in [-0.25, -0.2) is 0 Å². The second-order valence-corrected chi connectivity index (χ2v) is 28.4. The van der Waals surface area contributed by atoms with Crippen LogP contribution in [0.5, 0.6) is 0 Å². The fraction of sp³-hybridized carbons (Fsp3) is 0.636. The quantitative estimate of drug-likeness (QED) is 0.0195.